The molecule has 0 aromatic heterocycles. The Balaban J connectivity index is 3.43. The lowest BCUT2D eigenvalue weighted by atomic mass is 10.1. The molecule has 0 aliphatic rings. The van der Waals surface area contributed by atoms with E-state index in [0.29, 0.717) is 18.9 Å². The second kappa shape index (κ2) is 7.84. The first-order valence-corrected chi connectivity index (χ1v) is 5.03. The van der Waals surface area contributed by atoms with Crippen molar-refractivity contribution in [3.63, 3.8) is 0 Å². The molecule has 1 atom stereocenters. The first-order valence-electron chi connectivity index (χ1n) is 5.03. The van der Waals surface area contributed by atoms with Crippen molar-refractivity contribution in [2.45, 2.75) is 40.0 Å². The van der Waals surface area contributed by atoms with E-state index in [9.17, 15) is 4.79 Å². The fraction of sp³-hybridized carbons (Fsp3) is 0.727. The number of hydrogen-bond acceptors (Lipinski definition) is 2. The molecule has 0 saturated heterocycles. The van der Waals surface area contributed by atoms with Gasteiger partial charge in [0.15, 0.2) is 0 Å². The van der Waals surface area contributed by atoms with Crippen LogP contribution in [0.3, 0.4) is 0 Å². The quantitative estimate of drug-likeness (QED) is 0.468. The lowest BCUT2D eigenvalue weighted by Gasteiger charge is -2.00. The first-order chi connectivity index (χ1) is 6.20. The summed E-state index contributed by atoms with van der Waals surface area (Å²) >= 11 is 0. The molecule has 0 bridgehead atoms. The van der Waals surface area contributed by atoms with E-state index >= 15 is 0 Å². The number of carbonyl (C=O) groups is 1. The molecule has 0 saturated carbocycles. The number of allylic oxidation sites excluding steroid dienone is 2. The van der Waals surface area contributed by atoms with Crippen molar-refractivity contribution < 1.29 is 9.53 Å². The molecule has 0 spiro atoms. The summed E-state index contributed by atoms with van der Waals surface area (Å²) in [5.41, 5.74) is 0. The Labute approximate surface area is 81.0 Å². The summed E-state index contributed by atoms with van der Waals surface area (Å²) in [7, 11) is 0. The summed E-state index contributed by atoms with van der Waals surface area (Å²) in [6, 6.07) is 0. The van der Waals surface area contributed by atoms with E-state index in [1.54, 1.807) is 0 Å². The minimum absolute atomic E-state index is 0.101. The molecule has 0 aliphatic heterocycles. The smallest absolute Gasteiger partial charge is 0.306 e. The van der Waals surface area contributed by atoms with Gasteiger partial charge in [0.1, 0.15) is 0 Å². The normalized spacial score (nSPS) is 13.2. The van der Waals surface area contributed by atoms with Gasteiger partial charge in [0.2, 0.25) is 0 Å². The standard InChI is InChI=1S/C11H20O2/c1-4-10(3)8-6-7-9-11(12)13-5-2/h6,8,10H,4-5,7,9H2,1-3H3/b8-6+/t10-/m1/s1. The summed E-state index contributed by atoms with van der Waals surface area (Å²) in [5, 5.41) is 0. The molecule has 0 radical (unpaired) electrons. The molecule has 2 nitrogen and oxygen atoms in total. The van der Waals surface area contributed by atoms with Crippen molar-refractivity contribution in [2.24, 2.45) is 5.92 Å². The van der Waals surface area contributed by atoms with Gasteiger partial charge < -0.3 is 4.74 Å². The lowest BCUT2D eigenvalue weighted by molar-refractivity contribution is -0.142. The SMILES string of the molecule is CCOC(=O)CC/C=C/[C@H](C)CC. The zero-order valence-electron chi connectivity index (χ0n) is 8.88. The molecule has 13 heavy (non-hydrogen) atoms. The van der Waals surface area contributed by atoms with Crippen LogP contribution in [0.15, 0.2) is 12.2 Å². The minimum Gasteiger partial charge on any atom is -0.466 e. The Morgan fingerprint density at radius 2 is 2.15 bits per heavy atom. The lowest BCUT2D eigenvalue weighted by Crippen LogP contribution is -2.02. The molecule has 2 heteroatoms. The molecule has 0 rings (SSSR count). The van der Waals surface area contributed by atoms with Crippen LogP contribution >= 0.6 is 0 Å². The highest BCUT2D eigenvalue weighted by Crippen LogP contribution is 2.03. The van der Waals surface area contributed by atoms with Gasteiger partial charge in [0.05, 0.1) is 6.61 Å². The fourth-order valence-corrected chi connectivity index (χ4v) is 0.899. The molecule has 0 aromatic carbocycles. The Hall–Kier alpha value is -0.790. The summed E-state index contributed by atoms with van der Waals surface area (Å²) < 4.78 is 4.80. The third kappa shape index (κ3) is 7.57. The van der Waals surface area contributed by atoms with Crippen LogP contribution in [0.4, 0.5) is 0 Å². The Bertz CT molecular complexity index is 161. The molecular formula is C11H20O2. The van der Waals surface area contributed by atoms with E-state index in [0.717, 1.165) is 12.8 Å². The van der Waals surface area contributed by atoms with Gasteiger partial charge in [-0.2, -0.15) is 0 Å². The minimum atomic E-state index is -0.101. The monoisotopic (exact) mass is 184 g/mol. The van der Waals surface area contributed by atoms with Crippen LogP contribution in [0.1, 0.15) is 40.0 Å². The largest absolute Gasteiger partial charge is 0.466 e. The summed E-state index contributed by atoms with van der Waals surface area (Å²) in [6.07, 6.45) is 6.66. The molecule has 0 aromatic rings. The number of carbonyl (C=O) groups excluding carboxylic acids is 1. The third-order valence-corrected chi connectivity index (χ3v) is 1.93. The zero-order valence-corrected chi connectivity index (χ0v) is 8.88. The highest BCUT2D eigenvalue weighted by molar-refractivity contribution is 5.69. The molecule has 0 fully saturated rings. The van der Waals surface area contributed by atoms with Gasteiger partial charge in [-0.3, -0.25) is 4.79 Å². The predicted octanol–water partition coefficient (Wildman–Crippen LogP) is 2.93. The van der Waals surface area contributed by atoms with Crippen LogP contribution in [0.5, 0.6) is 0 Å². The van der Waals surface area contributed by atoms with Gasteiger partial charge in [0, 0.05) is 6.42 Å². The second-order valence-corrected chi connectivity index (χ2v) is 3.16. The maximum atomic E-state index is 10.9. The Morgan fingerprint density at radius 3 is 2.69 bits per heavy atom. The van der Waals surface area contributed by atoms with Crippen LogP contribution in [-0.2, 0) is 9.53 Å². The molecule has 0 unspecified atom stereocenters. The highest BCUT2D eigenvalue weighted by Gasteiger charge is 1.98. The first kappa shape index (κ1) is 12.2. The Morgan fingerprint density at radius 1 is 1.46 bits per heavy atom. The van der Waals surface area contributed by atoms with E-state index in [1.165, 1.54) is 0 Å². The molecule has 0 N–H and O–H groups in total. The van der Waals surface area contributed by atoms with Crippen LogP contribution < -0.4 is 0 Å². The topological polar surface area (TPSA) is 26.3 Å². The van der Waals surface area contributed by atoms with E-state index in [1.807, 2.05) is 6.92 Å². The zero-order chi connectivity index (χ0) is 10.1. The maximum absolute atomic E-state index is 10.9. The van der Waals surface area contributed by atoms with E-state index in [2.05, 4.69) is 26.0 Å². The van der Waals surface area contributed by atoms with Gasteiger partial charge in [-0.1, -0.05) is 32.4 Å². The second-order valence-electron chi connectivity index (χ2n) is 3.16. The van der Waals surface area contributed by atoms with Crippen molar-refractivity contribution in [1.29, 1.82) is 0 Å². The molecular weight excluding hydrogens is 164 g/mol. The number of esters is 1. The van der Waals surface area contributed by atoms with E-state index < -0.39 is 0 Å². The summed E-state index contributed by atoms with van der Waals surface area (Å²) in [6.45, 7) is 6.63. The van der Waals surface area contributed by atoms with Crippen molar-refractivity contribution >= 4 is 5.97 Å². The predicted molar refractivity (Wildman–Crippen MR) is 54.5 cm³/mol. The van der Waals surface area contributed by atoms with Crippen molar-refractivity contribution in [2.75, 3.05) is 6.61 Å². The highest BCUT2D eigenvalue weighted by atomic mass is 16.5. The number of rotatable bonds is 6. The van der Waals surface area contributed by atoms with Crippen molar-refractivity contribution in [3.05, 3.63) is 12.2 Å². The van der Waals surface area contributed by atoms with Crippen LogP contribution in [0.2, 0.25) is 0 Å². The number of hydrogen-bond donors (Lipinski definition) is 0. The molecule has 0 heterocycles. The van der Waals surface area contributed by atoms with Crippen LogP contribution in [0.25, 0.3) is 0 Å². The summed E-state index contributed by atoms with van der Waals surface area (Å²) in [5.74, 6) is 0.512. The van der Waals surface area contributed by atoms with Gasteiger partial charge in [0.25, 0.3) is 0 Å². The molecule has 0 amide bonds. The van der Waals surface area contributed by atoms with Crippen molar-refractivity contribution in [1.82, 2.24) is 0 Å². The maximum Gasteiger partial charge on any atom is 0.306 e. The van der Waals surface area contributed by atoms with Gasteiger partial charge in [-0.25, -0.2) is 0 Å². The van der Waals surface area contributed by atoms with Gasteiger partial charge in [-0.05, 0) is 19.3 Å². The number of ether oxygens (including phenoxy) is 1. The van der Waals surface area contributed by atoms with Gasteiger partial charge >= 0.3 is 5.97 Å². The van der Waals surface area contributed by atoms with E-state index in [-0.39, 0.29) is 5.97 Å². The Kier molecular flexibility index (Phi) is 7.36. The van der Waals surface area contributed by atoms with Crippen LogP contribution in [-0.4, -0.2) is 12.6 Å². The summed E-state index contributed by atoms with van der Waals surface area (Å²) in [4.78, 5) is 10.9. The third-order valence-electron chi connectivity index (χ3n) is 1.93. The van der Waals surface area contributed by atoms with E-state index in [4.69, 9.17) is 4.74 Å². The average molecular weight is 184 g/mol. The van der Waals surface area contributed by atoms with Crippen molar-refractivity contribution in [3.8, 4) is 0 Å². The molecule has 76 valence electrons. The van der Waals surface area contributed by atoms with Crippen LogP contribution in [0, 0.1) is 5.92 Å². The fourth-order valence-electron chi connectivity index (χ4n) is 0.899. The molecule has 0 aliphatic carbocycles. The average Bonchev–Trinajstić information content (AvgIpc) is 2.12. The van der Waals surface area contributed by atoms with Gasteiger partial charge in [-0.15, -0.1) is 0 Å².